The van der Waals surface area contributed by atoms with Crippen molar-refractivity contribution < 1.29 is 14.3 Å². The van der Waals surface area contributed by atoms with Crippen LogP contribution >= 0.6 is 11.6 Å². The molecule has 26 heavy (non-hydrogen) atoms. The summed E-state index contributed by atoms with van der Waals surface area (Å²) in [6.07, 6.45) is 1.25. The quantitative estimate of drug-likeness (QED) is 0.377. The Morgan fingerprint density at radius 3 is 2.73 bits per heavy atom. The third kappa shape index (κ3) is 3.81. The van der Waals surface area contributed by atoms with Gasteiger partial charge in [0.1, 0.15) is 11.0 Å². The summed E-state index contributed by atoms with van der Waals surface area (Å²) in [6.45, 7) is 5.36. The molecule has 7 heteroatoms. The number of ether oxygens (including phenoxy) is 1. The van der Waals surface area contributed by atoms with Crippen LogP contribution in [0, 0.1) is 0 Å². The zero-order chi connectivity index (χ0) is 18.7. The molecule has 0 amide bonds. The van der Waals surface area contributed by atoms with Crippen LogP contribution in [-0.2, 0) is 16.0 Å². The van der Waals surface area contributed by atoms with Gasteiger partial charge in [0.2, 0.25) is 0 Å². The second kappa shape index (κ2) is 7.49. The monoisotopic (exact) mass is 369 g/mol. The minimum atomic E-state index is -0.424. The second-order valence-corrected chi connectivity index (χ2v) is 6.24. The highest BCUT2D eigenvalue weighted by molar-refractivity contribution is 6.31. The van der Waals surface area contributed by atoms with Gasteiger partial charge in [-0.15, -0.1) is 15.0 Å². The molecule has 0 unspecified atom stereocenters. The number of aromatic nitrogens is 3. The molecule has 0 fully saturated rings. The molecule has 3 aromatic rings. The standard InChI is InChI=1S/C19H16ClN3O3/c1-12(2)19(25)26-8-7-13-3-4-14(11-24)18(9-13)23-21-16-6-5-15(20)10-17(16)22-23/h3-6,9-11H,1,7-8H2,2H3. The van der Waals surface area contributed by atoms with Crippen LogP contribution in [-0.4, -0.2) is 33.9 Å². The lowest BCUT2D eigenvalue weighted by molar-refractivity contribution is -0.138. The Morgan fingerprint density at radius 1 is 1.23 bits per heavy atom. The van der Waals surface area contributed by atoms with Gasteiger partial charge in [-0.1, -0.05) is 24.2 Å². The first kappa shape index (κ1) is 17.8. The summed E-state index contributed by atoms with van der Waals surface area (Å²) in [7, 11) is 0. The van der Waals surface area contributed by atoms with Crippen molar-refractivity contribution in [3.8, 4) is 5.69 Å². The van der Waals surface area contributed by atoms with Gasteiger partial charge in [-0.2, -0.15) is 0 Å². The van der Waals surface area contributed by atoms with Crippen molar-refractivity contribution >= 4 is 34.9 Å². The van der Waals surface area contributed by atoms with Gasteiger partial charge in [0.05, 0.1) is 12.3 Å². The maximum Gasteiger partial charge on any atom is 0.333 e. The summed E-state index contributed by atoms with van der Waals surface area (Å²) in [6, 6.07) is 10.5. The highest BCUT2D eigenvalue weighted by atomic mass is 35.5. The average molecular weight is 370 g/mol. The number of aldehydes is 1. The molecule has 0 aliphatic heterocycles. The minimum absolute atomic E-state index is 0.218. The minimum Gasteiger partial charge on any atom is -0.462 e. The van der Waals surface area contributed by atoms with E-state index in [1.54, 1.807) is 37.3 Å². The molecular weight excluding hydrogens is 354 g/mol. The second-order valence-electron chi connectivity index (χ2n) is 5.80. The molecule has 0 bridgehead atoms. The van der Waals surface area contributed by atoms with Gasteiger partial charge in [-0.3, -0.25) is 4.79 Å². The van der Waals surface area contributed by atoms with Gasteiger partial charge in [-0.05, 0) is 42.8 Å². The Labute approximate surface area is 155 Å². The summed E-state index contributed by atoms with van der Waals surface area (Å²) < 4.78 is 5.11. The predicted octanol–water partition coefficient (Wildman–Crippen LogP) is 3.55. The molecule has 132 valence electrons. The molecule has 0 radical (unpaired) electrons. The molecule has 1 aromatic heterocycles. The van der Waals surface area contributed by atoms with Gasteiger partial charge < -0.3 is 4.74 Å². The zero-order valence-corrected chi connectivity index (χ0v) is 14.9. The fourth-order valence-electron chi connectivity index (χ4n) is 2.40. The molecule has 0 saturated carbocycles. The third-order valence-corrected chi connectivity index (χ3v) is 3.99. The van der Waals surface area contributed by atoms with Crippen molar-refractivity contribution in [1.82, 2.24) is 15.0 Å². The van der Waals surface area contributed by atoms with E-state index in [0.717, 1.165) is 11.8 Å². The van der Waals surface area contributed by atoms with Gasteiger partial charge in [-0.25, -0.2) is 4.79 Å². The maximum atomic E-state index is 11.4. The van der Waals surface area contributed by atoms with Crippen LogP contribution in [0.25, 0.3) is 16.7 Å². The van der Waals surface area contributed by atoms with Crippen molar-refractivity contribution in [2.45, 2.75) is 13.3 Å². The van der Waals surface area contributed by atoms with Gasteiger partial charge in [0.15, 0.2) is 6.29 Å². The van der Waals surface area contributed by atoms with E-state index in [9.17, 15) is 9.59 Å². The van der Waals surface area contributed by atoms with E-state index >= 15 is 0 Å². The highest BCUT2D eigenvalue weighted by Gasteiger charge is 2.11. The number of rotatable bonds is 6. The maximum absolute atomic E-state index is 11.4. The van der Waals surface area contributed by atoms with Crippen LogP contribution in [0.5, 0.6) is 0 Å². The number of hydrogen-bond acceptors (Lipinski definition) is 5. The Hall–Kier alpha value is -2.99. The lowest BCUT2D eigenvalue weighted by atomic mass is 10.1. The Kier molecular flexibility index (Phi) is 5.14. The molecule has 2 aromatic carbocycles. The summed E-state index contributed by atoms with van der Waals surface area (Å²) in [4.78, 5) is 24.2. The zero-order valence-electron chi connectivity index (χ0n) is 14.1. The number of benzene rings is 2. The van der Waals surface area contributed by atoms with E-state index in [1.165, 1.54) is 4.80 Å². The lowest BCUT2D eigenvalue weighted by Crippen LogP contribution is -2.09. The Balaban J connectivity index is 1.88. The molecule has 0 aliphatic rings. The molecule has 0 atom stereocenters. The van der Waals surface area contributed by atoms with E-state index in [-0.39, 0.29) is 6.61 Å². The number of halogens is 1. The number of esters is 1. The van der Waals surface area contributed by atoms with Crippen LogP contribution in [0.3, 0.4) is 0 Å². The molecule has 0 N–H and O–H groups in total. The van der Waals surface area contributed by atoms with Crippen LogP contribution in [0.4, 0.5) is 0 Å². The van der Waals surface area contributed by atoms with Crippen molar-refractivity contribution in [2.75, 3.05) is 6.61 Å². The van der Waals surface area contributed by atoms with Gasteiger partial charge in [0, 0.05) is 22.6 Å². The molecular formula is C19H16ClN3O3. The Morgan fingerprint density at radius 2 is 2.00 bits per heavy atom. The molecule has 1 heterocycles. The Bertz CT molecular complexity index is 1010. The number of hydrogen-bond donors (Lipinski definition) is 0. The van der Waals surface area contributed by atoms with E-state index in [2.05, 4.69) is 16.8 Å². The fourth-order valence-corrected chi connectivity index (χ4v) is 2.56. The predicted molar refractivity (Wildman–Crippen MR) is 98.7 cm³/mol. The van der Waals surface area contributed by atoms with Crippen molar-refractivity contribution in [1.29, 1.82) is 0 Å². The average Bonchev–Trinajstić information content (AvgIpc) is 3.04. The van der Waals surface area contributed by atoms with Crippen LogP contribution in [0.2, 0.25) is 5.02 Å². The van der Waals surface area contributed by atoms with Crippen LogP contribution in [0.1, 0.15) is 22.8 Å². The molecule has 0 spiro atoms. The highest BCUT2D eigenvalue weighted by Crippen LogP contribution is 2.20. The summed E-state index contributed by atoms with van der Waals surface area (Å²) in [5, 5.41) is 9.35. The normalized spacial score (nSPS) is 10.7. The van der Waals surface area contributed by atoms with Crippen molar-refractivity contribution in [3.63, 3.8) is 0 Å². The topological polar surface area (TPSA) is 74.1 Å². The number of carbonyl (C=O) groups is 2. The lowest BCUT2D eigenvalue weighted by Gasteiger charge is -2.08. The van der Waals surface area contributed by atoms with Gasteiger partial charge >= 0.3 is 5.97 Å². The first-order valence-corrected chi connectivity index (χ1v) is 8.29. The number of fused-ring (bicyclic) bond motifs is 1. The summed E-state index contributed by atoms with van der Waals surface area (Å²) >= 11 is 5.98. The van der Waals surface area contributed by atoms with Crippen molar-refractivity contribution in [2.24, 2.45) is 0 Å². The van der Waals surface area contributed by atoms with Gasteiger partial charge in [0.25, 0.3) is 0 Å². The molecule has 6 nitrogen and oxygen atoms in total. The summed E-state index contributed by atoms with van der Waals surface area (Å²) in [5.41, 5.74) is 3.56. The molecule has 0 saturated heterocycles. The van der Waals surface area contributed by atoms with E-state index in [0.29, 0.717) is 39.3 Å². The smallest absolute Gasteiger partial charge is 0.333 e. The van der Waals surface area contributed by atoms with E-state index in [1.807, 2.05) is 6.07 Å². The number of nitrogens with zero attached hydrogens (tertiary/aromatic N) is 3. The van der Waals surface area contributed by atoms with E-state index < -0.39 is 5.97 Å². The first-order chi connectivity index (χ1) is 12.5. The first-order valence-electron chi connectivity index (χ1n) is 7.91. The fraction of sp³-hybridized carbons (Fsp3) is 0.158. The van der Waals surface area contributed by atoms with E-state index in [4.69, 9.17) is 16.3 Å². The molecule has 0 aliphatic carbocycles. The molecule has 3 rings (SSSR count). The third-order valence-electron chi connectivity index (χ3n) is 3.75. The van der Waals surface area contributed by atoms with Crippen molar-refractivity contribution in [3.05, 3.63) is 64.7 Å². The van der Waals surface area contributed by atoms with Crippen LogP contribution in [0.15, 0.2) is 48.6 Å². The summed E-state index contributed by atoms with van der Waals surface area (Å²) in [5.74, 6) is -0.424. The SMILES string of the molecule is C=C(C)C(=O)OCCc1ccc(C=O)c(-n2nc3ccc(Cl)cc3n2)c1. The number of carbonyl (C=O) groups excluding carboxylic acids is 2. The van der Waals surface area contributed by atoms with Crippen LogP contribution < -0.4 is 0 Å². The largest absolute Gasteiger partial charge is 0.462 e.